The summed E-state index contributed by atoms with van der Waals surface area (Å²) in [6.07, 6.45) is 1.74. The Hall–Kier alpha value is -1.78. The molecule has 1 aromatic rings. The lowest BCUT2D eigenvalue weighted by Gasteiger charge is -2.16. The van der Waals surface area contributed by atoms with Crippen molar-refractivity contribution in [2.24, 2.45) is 5.73 Å². The SMILES string of the molecule is NC(=O)c1ccc(C2=CCCCCC2)c(C(F)(F)F)c1.[HH]. The maximum absolute atomic E-state index is 13.2. The van der Waals surface area contributed by atoms with Gasteiger partial charge >= 0.3 is 6.18 Å². The van der Waals surface area contributed by atoms with Gasteiger partial charge in [-0.2, -0.15) is 13.2 Å². The van der Waals surface area contributed by atoms with Gasteiger partial charge in [-0.05, 0) is 49.0 Å². The van der Waals surface area contributed by atoms with Crippen molar-refractivity contribution >= 4 is 11.5 Å². The molecule has 0 atom stereocenters. The fourth-order valence-corrected chi connectivity index (χ4v) is 2.47. The number of primary amides is 1. The van der Waals surface area contributed by atoms with Gasteiger partial charge in [0.05, 0.1) is 5.56 Å². The fraction of sp³-hybridized carbons (Fsp3) is 0.400. The van der Waals surface area contributed by atoms with Crippen LogP contribution in [0.4, 0.5) is 13.2 Å². The average molecular weight is 285 g/mol. The number of rotatable bonds is 2. The van der Waals surface area contributed by atoms with E-state index < -0.39 is 17.6 Å². The Morgan fingerprint density at radius 2 is 1.95 bits per heavy atom. The Kier molecular flexibility index (Phi) is 4.16. The van der Waals surface area contributed by atoms with Crippen LogP contribution in [-0.2, 0) is 6.18 Å². The highest BCUT2D eigenvalue weighted by molar-refractivity contribution is 5.93. The van der Waals surface area contributed by atoms with Gasteiger partial charge in [0.25, 0.3) is 0 Å². The predicted octanol–water partition coefficient (Wildman–Crippen LogP) is 4.40. The van der Waals surface area contributed by atoms with Crippen molar-refractivity contribution in [1.82, 2.24) is 0 Å². The smallest absolute Gasteiger partial charge is 0.366 e. The molecule has 0 aliphatic heterocycles. The van der Waals surface area contributed by atoms with Crippen molar-refractivity contribution in [2.45, 2.75) is 38.3 Å². The number of hydrogen-bond acceptors (Lipinski definition) is 1. The van der Waals surface area contributed by atoms with Crippen LogP contribution in [0.3, 0.4) is 0 Å². The summed E-state index contributed by atoms with van der Waals surface area (Å²) in [5.74, 6) is -0.850. The Bertz CT molecular complexity index is 552. The van der Waals surface area contributed by atoms with Crippen LogP contribution in [0.5, 0.6) is 0 Å². The van der Waals surface area contributed by atoms with E-state index in [-0.39, 0.29) is 12.6 Å². The number of nitrogens with two attached hydrogens (primary N) is 1. The van der Waals surface area contributed by atoms with Gasteiger partial charge in [-0.3, -0.25) is 4.79 Å². The minimum Gasteiger partial charge on any atom is -0.366 e. The molecule has 0 aromatic heterocycles. The van der Waals surface area contributed by atoms with E-state index in [1.54, 1.807) is 0 Å². The van der Waals surface area contributed by atoms with Gasteiger partial charge in [-0.1, -0.05) is 18.6 Å². The molecule has 0 spiro atoms. The zero-order valence-electron chi connectivity index (χ0n) is 11.0. The first-order chi connectivity index (χ1) is 9.39. The molecule has 110 valence electrons. The van der Waals surface area contributed by atoms with Crippen LogP contribution in [0.15, 0.2) is 24.3 Å². The molecule has 0 unspecified atom stereocenters. The van der Waals surface area contributed by atoms with Gasteiger partial charge in [0, 0.05) is 6.99 Å². The van der Waals surface area contributed by atoms with Crippen LogP contribution in [0.2, 0.25) is 0 Å². The minimum absolute atomic E-state index is 0. The largest absolute Gasteiger partial charge is 0.417 e. The summed E-state index contributed by atoms with van der Waals surface area (Å²) < 4.78 is 39.5. The lowest BCUT2D eigenvalue weighted by Crippen LogP contribution is -2.15. The monoisotopic (exact) mass is 285 g/mol. The summed E-state index contributed by atoms with van der Waals surface area (Å²) in [6.45, 7) is 0. The molecule has 1 aromatic carbocycles. The number of alkyl halides is 3. The van der Waals surface area contributed by atoms with Crippen LogP contribution in [-0.4, -0.2) is 5.91 Å². The number of carbonyl (C=O) groups excluding carboxylic acids is 1. The van der Waals surface area contributed by atoms with Crippen LogP contribution >= 0.6 is 0 Å². The molecule has 0 heterocycles. The van der Waals surface area contributed by atoms with Crippen molar-refractivity contribution in [3.8, 4) is 0 Å². The van der Waals surface area contributed by atoms with Crippen LogP contribution in [0.25, 0.3) is 5.57 Å². The summed E-state index contributed by atoms with van der Waals surface area (Å²) in [7, 11) is 0. The van der Waals surface area contributed by atoms with E-state index >= 15 is 0 Å². The zero-order valence-corrected chi connectivity index (χ0v) is 11.0. The van der Waals surface area contributed by atoms with E-state index in [0.717, 1.165) is 31.7 Å². The number of amides is 1. The molecule has 2 rings (SSSR count). The molecule has 0 fully saturated rings. The number of hydrogen-bond donors (Lipinski definition) is 1. The molecule has 1 aliphatic carbocycles. The number of halogens is 3. The summed E-state index contributed by atoms with van der Waals surface area (Å²) in [6, 6.07) is 3.57. The summed E-state index contributed by atoms with van der Waals surface area (Å²) in [4.78, 5) is 11.1. The molecule has 2 N–H and O–H groups in total. The van der Waals surface area contributed by atoms with Crippen LogP contribution in [0.1, 0.15) is 55.0 Å². The highest BCUT2D eigenvalue weighted by Gasteiger charge is 2.34. The second-order valence-electron chi connectivity index (χ2n) is 4.95. The second-order valence-corrected chi connectivity index (χ2v) is 4.95. The number of allylic oxidation sites excluding steroid dienone is 2. The number of benzene rings is 1. The number of carbonyl (C=O) groups is 1. The molecule has 0 radical (unpaired) electrons. The first-order valence-electron chi connectivity index (χ1n) is 6.60. The third-order valence-electron chi connectivity index (χ3n) is 3.50. The minimum atomic E-state index is -4.49. The zero-order chi connectivity index (χ0) is 14.8. The maximum Gasteiger partial charge on any atom is 0.417 e. The van der Waals surface area contributed by atoms with Gasteiger partial charge in [-0.15, -0.1) is 0 Å². The second kappa shape index (κ2) is 5.69. The molecule has 20 heavy (non-hydrogen) atoms. The molecule has 1 amide bonds. The third-order valence-corrected chi connectivity index (χ3v) is 3.50. The Balaban J connectivity index is 0.00000220. The Morgan fingerprint density at radius 3 is 2.60 bits per heavy atom. The molecule has 0 saturated heterocycles. The van der Waals surface area contributed by atoms with Crippen molar-refractivity contribution in [3.63, 3.8) is 0 Å². The topological polar surface area (TPSA) is 43.1 Å². The predicted molar refractivity (Wildman–Crippen MR) is 73.1 cm³/mol. The van der Waals surface area contributed by atoms with Gasteiger partial charge in [0.2, 0.25) is 5.91 Å². The Morgan fingerprint density at radius 1 is 1.20 bits per heavy atom. The lowest BCUT2D eigenvalue weighted by atomic mass is 9.94. The van der Waals surface area contributed by atoms with Crippen LogP contribution < -0.4 is 5.73 Å². The highest BCUT2D eigenvalue weighted by atomic mass is 19.4. The molecule has 2 nitrogen and oxygen atoms in total. The summed E-state index contributed by atoms with van der Waals surface area (Å²) in [5.41, 5.74) is 5.05. The standard InChI is InChI=1S/C15H16F3NO.H2/c16-15(17,18)13-9-11(14(19)20)7-8-12(13)10-5-3-1-2-4-6-10;/h5,7-9H,1-4,6H2,(H2,19,20);1H. The molecule has 0 saturated carbocycles. The van der Waals surface area contributed by atoms with E-state index in [4.69, 9.17) is 5.73 Å². The van der Waals surface area contributed by atoms with E-state index in [2.05, 4.69) is 0 Å². The first kappa shape index (κ1) is 14.6. The van der Waals surface area contributed by atoms with E-state index in [1.165, 1.54) is 12.1 Å². The quantitative estimate of drug-likeness (QED) is 0.860. The summed E-state index contributed by atoms with van der Waals surface area (Å²) >= 11 is 0. The third kappa shape index (κ3) is 3.21. The van der Waals surface area contributed by atoms with Gasteiger partial charge < -0.3 is 5.73 Å². The first-order valence-corrected chi connectivity index (χ1v) is 6.60. The van der Waals surface area contributed by atoms with E-state index in [0.29, 0.717) is 12.0 Å². The fourth-order valence-electron chi connectivity index (χ4n) is 2.47. The molecule has 5 heteroatoms. The highest BCUT2D eigenvalue weighted by Crippen LogP contribution is 2.38. The average Bonchev–Trinajstić information content (AvgIpc) is 2.65. The van der Waals surface area contributed by atoms with Crippen molar-refractivity contribution in [1.29, 1.82) is 0 Å². The molecular formula is C15H18F3NO. The van der Waals surface area contributed by atoms with Crippen molar-refractivity contribution in [3.05, 3.63) is 41.0 Å². The molecule has 1 aliphatic rings. The van der Waals surface area contributed by atoms with Crippen molar-refractivity contribution in [2.75, 3.05) is 0 Å². The maximum atomic E-state index is 13.2. The van der Waals surface area contributed by atoms with Crippen molar-refractivity contribution < 1.29 is 19.4 Å². The van der Waals surface area contributed by atoms with E-state index in [1.807, 2.05) is 6.08 Å². The summed E-state index contributed by atoms with van der Waals surface area (Å²) in [5, 5.41) is 0. The molecule has 0 bridgehead atoms. The van der Waals surface area contributed by atoms with Gasteiger partial charge in [-0.25, -0.2) is 0 Å². The van der Waals surface area contributed by atoms with Gasteiger partial charge in [0.15, 0.2) is 0 Å². The van der Waals surface area contributed by atoms with E-state index in [9.17, 15) is 18.0 Å². The Labute approximate surface area is 117 Å². The van der Waals surface area contributed by atoms with Gasteiger partial charge in [0.1, 0.15) is 0 Å². The normalized spacial score (nSPS) is 16.4. The lowest BCUT2D eigenvalue weighted by molar-refractivity contribution is -0.137. The van der Waals surface area contributed by atoms with Crippen LogP contribution in [0, 0.1) is 0 Å². The molecular weight excluding hydrogens is 267 g/mol.